The Bertz CT molecular complexity index is 1240. The Morgan fingerprint density at radius 2 is 1.59 bits per heavy atom. The summed E-state index contributed by atoms with van der Waals surface area (Å²) < 4.78 is 12.1. The van der Waals surface area contributed by atoms with E-state index in [9.17, 15) is 14.7 Å². The Labute approximate surface area is 266 Å². The second-order valence-electron chi connectivity index (χ2n) is 17.2. The first kappa shape index (κ1) is 32.1. The van der Waals surface area contributed by atoms with Crippen LogP contribution in [0.3, 0.4) is 0 Å². The third-order valence-electron chi connectivity index (χ3n) is 15.4. The van der Waals surface area contributed by atoms with Crippen LogP contribution in [0.5, 0.6) is 0 Å². The van der Waals surface area contributed by atoms with Crippen molar-refractivity contribution in [2.75, 3.05) is 6.61 Å². The van der Waals surface area contributed by atoms with Gasteiger partial charge in [-0.1, -0.05) is 71.9 Å². The number of hydrogen-bond donors (Lipinski definition) is 1. The van der Waals surface area contributed by atoms with Crippen molar-refractivity contribution in [1.82, 2.24) is 0 Å². The van der Waals surface area contributed by atoms with Gasteiger partial charge in [-0.05, 0) is 122 Å². The molecule has 6 rings (SSSR count). The van der Waals surface area contributed by atoms with Gasteiger partial charge in [0.15, 0.2) is 0 Å². The molecule has 11 atom stereocenters. The molecule has 1 aromatic carbocycles. The summed E-state index contributed by atoms with van der Waals surface area (Å²) in [5, 5.41) is 10.4. The number of carbonyl (C=O) groups excluding carboxylic acids is 2. The molecule has 0 aliphatic heterocycles. The summed E-state index contributed by atoms with van der Waals surface area (Å²) in [6.45, 7) is 16.8. The Hall–Kier alpha value is -1.88. The molecule has 0 spiro atoms. The molecule has 4 unspecified atom stereocenters. The summed E-state index contributed by atoms with van der Waals surface area (Å²) in [7, 11) is 0. The van der Waals surface area contributed by atoms with Gasteiger partial charge >= 0.3 is 11.9 Å². The quantitative estimate of drug-likeness (QED) is 0.329. The monoisotopic (exact) mass is 606 g/mol. The molecule has 1 aromatic rings. The number of rotatable bonds is 6. The van der Waals surface area contributed by atoms with Gasteiger partial charge in [0.1, 0.15) is 12.7 Å². The molecule has 5 saturated carbocycles. The molecule has 0 aromatic heterocycles. The van der Waals surface area contributed by atoms with Gasteiger partial charge in [-0.25, -0.2) is 0 Å². The van der Waals surface area contributed by atoms with Gasteiger partial charge in [-0.2, -0.15) is 0 Å². The van der Waals surface area contributed by atoms with Crippen LogP contribution in [0.25, 0.3) is 0 Å². The molecule has 0 heterocycles. The molecule has 5 fully saturated rings. The number of hydrogen-bond acceptors (Lipinski definition) is 5. The summed E-state index contributed by atoms with van der Waals surface area (Å²) in [5.41, 5.74) is 1.07. The molecule has 5 nitrogen and oxygen atoms in total. The highest BCUT2D eigenvalue weighted by Gasteiger charge is 2.72. The van der Waals surface area contributed by atoms with Crippen LogP contribution >= 0.6 is 0 Å². The van der Waals surface area contributed by atoms with E-state index >= 15 is 0 Å². The maximum absolute atomic E-state index is 14.3. The maximum atomic E-state index is 14.3. The molecule has 5 aliphatic carbocycles. The van der Waals surface area contributed by atoms with Crippen molar-refractivity contribution < 1.29 is 24.2 Å². The molecule has 244 valence electrons. The minimum Gasteiger partial charge on any atom is -0.462 e. The molecule has 0 radical (unpaired) electrons. The molecule has 44 heavy (non-hydrogen) atoms. The fraction of sp³-hybridized carbons (Fsp3) is 0.795. The van der Waals surface area contributed by atoms with Crippen molar-refractivity contribution >= 4 is 11.9 Å². The van der Waals surface area contributed by atoms with Crippen molar-refractivity contribution in [3.05, 3.63) is 35.9 Å². The van der Waals surface area contributed by atoms with E-state index in [1.54, 1.807) is 6.92 Å². The van der Waals surface area contributed by atoms with Crippen LogP contribution < -0.4 is 0 Å². The highest BCUT2D eigenvalue weighted by molar-refractivity contribution is 5.78. The van der Waals surface area contributed by atoms with E-state index < -0.39 is 5.41 Å². The van der Waals surface area contributed by atoms with Crippen LogP contribution in [0.1, 0.15) is 118 Å². The van der Waals surface area contributed by atoms with Gasteiger partial charge in [0, 0.05) is 18.9 Å². The third-order valence-corrected chi connectivity index (χ3v) is 15.4. The van der Waals surface area contributed by atoms with E-state index in [-0.39, 0.29) is 58.1 Å². The van der Waals surface area contributed by atoms with Crippen LogP contribution in [-0.4, -0.2) is 29.8 Å². The first-order valence-electron chi connectivity index (χ1n) is 17.7. The Morgan fingerprint density at radius 3 is 2.27 bits per heavy atom. The summed E-state index contributed by atoms with van der Waals surface area (Å²) in [4.78, 5) is 26.3. The smallest absolute Gasteiger partial charge is 0.312 e. The highest BCUT2D eigenvalue weighted by atomic mass is 16.5. The number of ether oxygens (including phenoxy) is 2. The van der Waals surface area contributed by atoms with Gasteiger partial charge in [0.2, 0.25) is 0 Å². The average molecular weight is 607 g/mol. The third kappa shape index (κ3) is 4.55. The number of esters is 2. The summed E-state index contributed by atoms with van der Waals surface area (Å²) in [5.74, 6) is 2.23. The Kier molecular flexibility index (Phi) is 8.11. The molecule has 0 amide bonds. The second kappa shape index (κ2) is 11.1. The van der Waals surface area contributed by atoms with Crippen molar-refractivity contribution in [2.45, 2.75) is 125 Å². The standard InChI is InChI=1S/C39H58O5/c1-25(23-40)28-15-20-39(34(42)43-24-27-11-9-8-10-12-27)22-21-37(6)29(33(28)39)13-14-31-36(5)18-17-32(44-26(2)41)35(3,4)30(36)16-19-38(31,37)7/h8-12,25,28-33,40H,13-24H2,1-7H3/t25-,28-,29?,30?,31?,32+,33?,36-,37+,38+,39-/m0/s1. The summed E-state index contributed by atoms with van der Waals surface area (Å²) in [6.07, 6.45) is 10.6. The van der Waals surface area contributed by atoms with Crippen molar-refractivity contribution in [3.8, 4) is 0 Å². The molecule has 1 N–H and O–H groups in total. The van der Waals surface area contributed by atoms with E-state index in [1.807, 2.05) is 30.3 Å². The number of fused-ring (bicyclic) bond motifs is 7. The fourth-order valence-corrected chi connectivity index (χ4v) is 13.0. The average Bonchev–Trinajstić information content (AvgIpc) is 3.39. The SMILES string of the molecule is CC(=O)O[C@@H]1CC[C@@]2(C)C(CC[C@]3(C)C2CCC2C4[C@H]([C@@H](C)CO)CC[C@]4(C(=O)OCc4ccccc4)CC[C@]23C)C1(C)C. The van der Waals surface area contributed by atoms with Crippen LogP contribution in [-0.2, 0) is 25.7 Å². The van der Waals surface area contributed by atoms with Gasteiger partial charge in [0.25, 0.3) is 0 Å². The summed E-state index contributed by atoms with van der Waals surface area (Å²) in [6, 6.07) is 10.1. The molecular formula is C39H58O5. The minimum atomic E-state index is -0.443. The summed E-state index contributed by atoms with van der Waals surface area (Å²) >= 11 is 0. The zero-order valence-corrected chi connectivity index (χ0v) is 28.5. The van der Waals surface area contributed by atoms with Crippen molar-refractivity contribution in [3.63, 3.8) is 0 Å². The number of aliphatic hydroxyl groups is 1. The van der Waals surface area contributed by atoms with Crippen molar-refractivity contribution in [2.24, 2.45) is 62.6 Å². The number of carbonyl (C=O) groups is 2. The van der Waals surface area contributed by atoms with Crippen LogP contribution in [0.2, 0.25) is 0 Å². The van der Waals surface area contributed by atoms with Crippen molar-refractivity contribution in [1.29, 1.82) is 0 Å². The van der Waals surface area contributed by atoms with E-state index in [4.69, 9.17) is 9.47 Å². The zero-order valence-electron chi connectivity index (χ0n) is 28.5. The van der Waals surface area contributed by atoms with E-state index in [0.717, 1.165) is 50.5 Å². The van der Waals surface area contributed by atoms with Gasteiger partial charge in [0.05, 0.1) is 5.41 Å². The number of benzene rings is 1. The van der Waals surface area contributed by atoms with Crippen LogP contribution in [0, 0.1) is 62.6 Å². The topological polar surface area (TPSA) is 72.8 Å². The first-order valence-corrected chi connectivity index (χ1v) is 17.7. The Balaban J connectivity index is 1.32. The lowest BCUT2D eigenvalue weighted by Gasteiger charge is -2.72. The lowest BCUT2D eigenvalue weighted by Crippen LogP contribution is -2.67. The molecule has 0 bridgehead atoms. The van der Waals surface area contributed by atoms with E-state index in [0.29, 0.717) is 30.3 Å². The highest BCUT2D eigenvalue weighted by Crippen LogP contribution is 2.77. The largest absolute Gasteiger partial charge is 0.462 e. The van der Waals surface area contributed by atoms with Gasteiger partial charge in [-0.15, -0.1) is 0 Å². The zero-order chi connectivity index (χ0) is 31.7. The van der Waals surface area contributed by atoms with Crippen LogP contribution in [0.4, 0.5) is 0 Å². The molecule has 5 aliphatic rings. The molecule has 0 saturated heterocycles. The normalized spacial score (nSPS) is 44.7. The van der Waals surface area contributed by atoms with Gasteiger partial charge < -0.3 is 14.6 Å². The van der Waals surface area contributed by atoms with E-state index in [2.05, 4.69) is 41.5 Å². The second-order valence-corrected chi connectivity index (χ2v) is 17.2. The van der Waals surface area contributed by atoms with Gasteiger partial charge in [-0.3, -0.25) is 9.59 Å². The Morgan fingerprint density at radius 1 is 0.864 bits per heavy atom. The predicted molar refractivity (Wildman–Crippen MR) is 172 cm³/mol. The number of aliphatic hydroxyl groups excluding tert-OH is 1. The first-order chi connectivity index (χ1) is 20.7. The maximum Gasteiger partial charge on any atom is 0.312 e. The minimum absolute atomic E-state index is 0.00855. The predicted octanol–water partition coefficient (Wildman–Crippen LogP) is 8.37. The fourth-order valence-electron chi connectivity index (χ4n) is 13.0. The van der Waals surface area contributed by atoms with E-state index in [1.165, 1.54) is 19.3 Å². The lowest BCUT2D eigenvalue weighted by molar-refractivity contribution is -0.252. The lowest BCUT2D eigenvalue weighted by atomic mass is 9.32. The molecule has 5 heteroatoms. The molecular weight excluding hydrogens is 548 g/mol. The van der Waals surface area contributed by atoms with Crippen LogP contribution in [0.15, 0.2) is 30.3 Å².